The van der Waals surface area contributed by atoms with Gasteiger partial charge in [0.15, 0.2) is 0 Å². The molecule has 2 N–H and O–H groups in total. The Balaban J connectivity index is 2.04. The maximum Gasteiger partial charge on any atom is 0.401 e. The summed E-state index contributed by atoms with van der Waals surface area (Å²) in [6, 6.07) is 0. The van der Waals surface area contributed by atoms with Crippen LogP contribution in [0.25, 0.3) is 0 Å². The number of hydrogen-bond donors (Lipinski definition) is 1. The Kier molecular flexibility index (Phi) is 3.19. The summed E-state index contributed by atoms with van der Waals surface area (Å²) in [6.45, 7) is 3.98. The van der Waals surface area contributed by atoms with E-state index in [-0.39, 0.29) is 24.0 Å². The summed E-state index contributed by atoms with van der Waals surface area (Å²) >= 11 is 0. The minimum atomic E-state index is -4.18. The lowest BCUT2D eigenvalue weighted by Gasteiger charge is -2.63. The van der Waals surface area contributed by atoms with Crippen LogP contribution in [0.5, 0.6) is 0 Å². The second-order valence-corrected chi connectivity index (χ2v) is 6.24. The van der Waals surface area contributed by atoms with Crippen LogP contribution in [0, 0.1) is 11.3 Å². The van der Waals surface area contributed by atoms with E-state index >= 15 is 0 Å². The van der Waals surface area contributed by atoms with Gasteiger partial charge in [0.05, 0.1) is 12.6 Å². The van der Waals surface area contributed by atoms with Gasteiger partial charge in [-0.15, -0.1) is 0 Å². The molecular formula is C12H21F3N2O. The Hall–Kier alpha value is -0.330. The van der Waals surface area contributed by atoms with Crippen LogP contribution in [0.2, 0.25) is 0 Å². The van der Waals surface area contributed by atoms with Gasteiger partial charge in [-0.3, -0.25) is 4.90 Å². The van der Waals surface area contributed by atoms with E-state index in [2.05, 4.69) is 0 Å². The third kappa shape index (κ3) is 2.04. The number of rotatable bonds is 3. The highest BCUT2D eigenvalue weighted by atomic mass is 19.4. The van der Waals surface area contributed by atoms with Crippen LogP contribution in [0.4, 0.5) is 13.2 Å². The van der Waals surface area contributed by atoms with Gasteiger partial charge in [-0.1, -0.05) is 13.8 Å². The zero-order valence-electron chi connectivity index (χ0n) is 11.0. The molecule has 0 radical (unpaired) electrons. The number of halogens is 3. The summed E-state index contributed by atoms with van der Waals surface area (Å²) in [5.41, 5.74) is 5.54. The number of ether oxygens (including phenoxy) is 1. The Morgan fingerprint density at radius 2 is 2.00 bits per heavy atom. The van der Waals surface area contributed by atoms with Gasteiger partial charge >= 0.3 is 6.18 Å². The lowest BCUT2D eigenvalue weighted by atomic mass is 9.48. The van der Waals surface area contributed by atoms with Crippen molar-refractivity contribution in [1.82, 2.24) is 4.90 Å². The number of alkyl halides is 3. The molecule has 3 unspecified atom stereocenters. The fraction of sp³-hybridized carbons (Fsp3) is 1.00. The molecule has 0 amide bonds. The lowest BCUT2D eigenvalue weighted by Crippen LogP contribution is -2.78. The predicted octanol–water partition coefficient (Wildman–Crippen LogP) is 1.62. The molecule has 0 aromatic heterocycles. The number of hydrogen-bond acceptors (Lipinski definition) is 3. The van der Waals surface area contributed by atoms with Crippen molar-refractivity contribution in [3.05, 3.63) is 0 Å². The highest BCUT2D eigenvalue weighted by Gasteiger charge is 2.67. The first-order valence-electron chi connectivity index (χ1n) is 6.24. The molecule has 2 rings (SSSR count). The summed E-state index contributed by atoms with van der Waals surface area (Å²) in [5, 5.41) is 0. The summed E-state index contributed by atoms with van der Waals surface area (Å²) < 4.78 is 42.7. The van der Waals surface area contributed by atoms with Gasteiger partial charge in [-0.2, -0.15) is 13.2 Å². The fourth-order valence-electron chi connectivity index (χ4n) is 3.60. The first kappa shape index (κ1) is 14.1. The van der Waals surface area contributed by atoms with Crippen molar-refractivity contribution in [2.45, 2.75) is 38.1 Å². The van der Waals surface area contributed by atoms with Crippen molar-refractivity contribution in [2.24, 2.45) is 17.1 Å². The van der Waals surface area contributed by atoms with E-state index in [1.165, 1.54) is 11.9 Å². The molecule has 0 spiro atoms. The smallest absolute Gasteiger partial charge is 0.377 e. The highest BCUT2D eigenvalue weighted by Crippen LogP contribution is 2.58. The van der Waals surface area contributed by atoms with Crippen LogP contribution < -0.4 is 5.73 Å². The van der Waals surface area contributed by atoms with Gasteiger partial charge < -0.3 is 10.5 Å². The monoisotopic (exact) mass is 266 g/mol. The number of fused-ring (bicyclic) bond motifs is 1. The molecule has 3 nitrogen and oxygen atoms in total. The standard InChI is InChI=1S/C12H21F3N2O/c1-10(2)9-8(4-5-18-9)11(10,16)6-17(3)7-12(13,14)15/h8-9H,4-7,16H2,1-3H3. The molecule has 2 aliphatic rings. The average Bonchev–Trinajstić information content (AvgIpc) is 2.60. The van der Waals surface area contributed by atoms with Crippen LogP contribution in [-0.2, 0) is 4.74 Å². The van der Waals surface area contributed by atoms with Gasteiger partial charge in [0.2, 0.25) is 0 Å². The van der Waals surface area contributed by atoms with Crippen molar-refractivity contribution in [2.75, 3.05) is 26.7 Å². The molecule has 2 fully saturated rings. The molecule has 6 heteroatoms. The van der Waals surface area contributed by atoms with Crippen LogP contribution in [-0.4, -0.2) is 49.5 Å². The van der Waals surface area contributed by atoms with Crippen LogP contribution in [0.15, 0.2) is 0 Å². The predicted molar refractivity (Wildman–Crippen MR) is 62.1 cm³/mol. The first-order chi connectivity index (χ1) is 8.08. The summed E-state index contributed by atoms with van der Waals surface area (Å²) in [4.78, 5) is 1.27. The molecule has 0 aromatic carbocycles. The number of nitrogens with two attached hydrogens (primary N) is 1. The fourth-order valence-corrected chi connectivity index (χ4v) is 3.60. The third-order valence-corrected chi connectivity index (χ3v) is 4.65. The minimum Gasteiger partial charge on any atom is -0.377 e. The van der Waals surface area contributed by atoms with Gasteiger partial charge in [-0.05, 0) is 13.5 Å². The third-order valence-electron chi connectivity index (χ3n) is 4.65. The maximum atomic E-state index is 12.4. The average molecular weight is 266 g/mol. The molecule has 1 saturated carbocycles. The van der Waals surface area contributed by atoms with Gasteiger partial charge in [0.25, 0.3) is 0 Å². The molecule has 1 aliphatic carbocycles. The Labute approximate surface area is 105 Å². The van der Waals surface area contributed by atoms with E-state index in [9.17, 15) is 13.2 Å². The molecule has 1 heterocycles. The molecule has 1 aliphatic heterocycles. The first-order valence-corrected chi connectivity index (χ1v) is 6.24. The molecule has 106 valence electrons. The van der Waals surface area contributed by atoms with Crippen molar-refractivity contribution in [3.63, 3.8) is 0 Å². The van der Waals surface area contributed by atoms with Crippen LogP contribution in [0.1, 0.15) is 20.3 Å². The van der Waals surface area contributed by atoms with E-state index in [0.717, 1.165) is 6.42 Å². The summed E-state index contributed by atoms with van der Waals surface area (Å²) in [5.74, 6) is 0.184. The molecule has 18 heavy (non-hydrogen) atoms. The quantitative estimate of drug-likeness (QED) is 0.843. The van der Waals surface area contributed by atoms with E-state index in [0.29, 0.717) is 6.61 Å². The van der Waals surface area contributed by atoms with E-state index in [1.807, 2.05) is 13.8 Å². The zero-order valence-corrected chi connectivity index (χ0v) is 11.0. The molecule has 0 bridgehead atoms. The highest BCUT2D eigenvalue weighted by molar-refractivity contribution is 5.21. The molecule has 3 atom stereocenters. The summed E-state index contributed by atoms with van der Waals surface area (Å²) in [6.07, 6.45) is -3.23. The Morgan fingerprint density at radius 1 is 1.39 bits per heavy atom. The van der Waals surface area contributed by atoms with Crippen LogP contribution in [0.3, 0.4) is 0 Å². The van der Waals surface area contributed by atoms with Crippen molar-refractivity contribution in [1.29, 1.82) is 0 Å². The van der Waals surface area contributed by atoms with Gasteiger partial charge in [0.1, 0.15) is 0 Å². The maximum absolute atomic E-state index is 12.4. The Morgan fingerprint density at radius 3 is 2.56 bits per heavy atom. The van der Waals surface area contributed by atoms with Crippen LogP contribution >= 0.6 is 0 Å². The molecule has 1 saturated heterocycles. The second-order valence-electron chi connectivity index (χ2n) is 6.24. The number of nitrogens with zero attached hydrogens (tertiary/aromatic N) is 1. The van der Waals surface area contributed by atoms with E-state index in [4.69, 9.17) is 10.5 Å². The molecule has 0 aromatic rings. The number of likely N-dealkylation sites (N-methyl/N-ethyl adjacent to an activating group) is 1. The zero-order chi connectivity index (χ0) is 13.8. The van der Waals surface area contributed by atoms with Crippen molar-refractivity contribution >= 4 is 0 Å². The minimum absolute atomic E-state index is 0.0989. The second kappa shape index (κ2) is 4.08. The summed E-state index contributed by atoms with van der Waals surface area (Å²) in [7, 11) is 1.47. The SMILES string of the molecule is CN(CC(F)(F)F)CC1(N)C2CCOC2C1(C)C. The molecular weight excluding hydrogens is 245 g/mol. The largest absolute Gasteiger partial charge is 0.401 e. The van der Waals surface area contributed by atoms with Gasteiger partial charge in [0, 0.05) is 30.0 Å². The Bertz CT molecular complexity index is 332. The van der Waals surface area contributed by atoms with E-state index < -0.39 is 18.3 Å². The van der Waals surface area contributed by atoms with E-state index in [1.54, 1.807) is 0 Å². The van der Waals surface area contributed by atoms with Crippen molar-refractivity contribution in [3.8, 4) is 0 Å². The topological polar surface area (TPSA) is 38.5 Å². The lowest BCUT2D eigenvalue weighted by molar-refractivity contribution is -0.178. The van der Waals surface area contributed by atoms with Crippen molar-refractivity contribution < 1.29 is 17.9 Å². The van der Waals surface area contributed by atoms with Gasteiger partial charge in [-0.25, -0.2) is 0 Å². The normalized spacial score (nSPS) is 38.7.